The molecule has 1 aliphatic carbocycles. The van der Waals surface area contributed by atoms with E-state index in [-0.39, 0.29) is 17.3 Å². The molecule has 0 bridgehead atoms. The third kappa shape index (κ3) is 1.90. The molecule has 0 saturated carbocycles. The minimum atomic E-state index is -0.301. The molecule has 0 N–H and O–H groups in total. The lowest BCUT2D eigenvalue weighted by atomic mass is 9.70. The van der Waals surface area contributed by atoms with Gasteiger partial charge in [-0.3, -0.25) is 4.79 Å². The monoisotopic (exact) mass is 273 g/mol. The van der Waals surface area contributed by atoms with Gasteiger partial charge in [-0.05, 0) is 48.9 Å². The van der Waals surface area contributed by atoms with E-state index in [4.69, 9.17) is 4.74 Å². The van der Waals surface area contributed by atoms with Crippen LogP contribution >= 0.6 is 0 Å². The number of likely N-dealkylation sites (tertiary alicyclic amines) is 1. The fraction of sp³-hybridized carbons (Fsp3) is 0.500. The predicted octanol–water partition coefficient (Wildman–Crippen LogP) is 1.81. The van der Waals surface area contributed by atoms with E-state index in [0.717, 1.165) is 32.2 Å². The molecule has 20 heavy (non-hydrogen) atoms. The van der Waals surface area contributed by atoms with Crippen LogP contribution in [0.4, 0.5) is 0 Å². The molecule has 1 aromatic rings. The Hall–Kier alpha value is -1.84. The molecule has 1 saturated heterocycles. The maximum Gasteiger partial charge on any atom is 0.337 e. The molecule has 0 radical (unpaired) electrons. The molecular formula is C16H19NO3. The molecular weight excluding hydrogens is 254 g/mol. The van der Waals surface area contributed by atoms with Crippen molar-refractivity contribution in [2.24, 2.45) is 5.41 Å². The maximum atomic E-state index is 12.4. The zero-order valence-electron chi connectivity index (χ0n) is 11.9. The zero-order valence-corrected chi connectivity index (χ0v) is 11.9. The second-order valence-corrected chi connectivity index (χ2v) is 5.91. The first-order valence-corrected chi connectivity index (χ1v) is 7.01. The number of benzene rings is 1. The minimum absolute atomic E-state index is 0.200. The van der Waals surface area contributed by atoms with Crippen LogP contribution in [0.2, 0.25) is 0 Å². The van der Waals surface area contributed by atoms with Crippen LogP contribution in [0, 0.1) is 5.41 Å². The summed E-state index contributed by atoms with van der Waals surface area (Å²) in [5.41, 5.74) is 2.78. The Morgan fingerprint density at radius 1 is 1.30 bits per heavy atom. The van der Waals surface area contributed by atoms with Gasteiger partial charge in [0, 0.05) is 13.6 Å². The summed E-state index contributed by atoms with van der Waals surface area (Å²) in [6.45, 7) is 0.856. The highest BCUT2D eigenvalue weighted by Gasteiger charge is 2.46. The number of hydrogen-bond donors (Lipinski definition) is 0. The molecule has 4 heteroatoms. The summed E-state index contributed by atoms with van der Waals surface area (Å²) in [5.74, 6) is -0.0232. The second kappa shape index (κ2) is 4.62. The van der Waals surface area contributed by atoms with Crippen molar-refractivity contribution in [3.63, 3.8) is 0 Å². The SMILES string of the molecule is COC(=O)c1ccc2c(c1)CC[C@]1(CCN(C)C1=O)C2. The molecule has 1 aromatic carbocycles. The topological polar surface area (TPSA) is 46.6 Å². The molecule has 1 aliphatic heterocycles. The number of fused-ring (bicyclic) bond motifs is 1. The number of rotatable bonds is 1. The normalized spacial score (nSPS) is 24.9. The van der Waals surface area contributed by atoms with Gasteiger partial charge in [0.1, 0.15) is 0 Å². The summed E-state index contributed by atoms with van der Waals surface area (Å²) in [7, 11) is 3.27. The molecule has 1 atom stereocenters. The van der Waals surface area contributed by atoms with E-state index >= 15 is 0 Å². The molecule has 0 unspecified atom stereocenters. The number of amides is 1. The fourth-order valence-corrected chi connectivity index (χ4v) is 3.49. The predicted molar refractivity (Wildman–Crippen MR) is 74.5 cm³/mol. The van der Waals surface area contributed by atoms with E-state index in [1.807, 2.05) is 24.1 Å². The number of carbonyl (C=O) groups is 2. The lowest BCUT2D eigenvalue weighted by molar-refractivity contribution is -0.135. The third-order valence-electron chi connectivity index (χ3n) is 4.76. The third-order valence-corrected chi connectivity index (χ3v) is 4.76. The highest BCUT2D eigenvalue weighted by Crippen LogP contribution is 2.43. The van der Waals surface area contributed by atoms with Crippen molar-refractivity contribution in [2.75, 3.05) is 20.7 Å². The number of aryl methyl sites for hydroxylation is 1. The van der Waals surface area contributed by atoms with Crippen LogP contribution < -0.4 is 0 Å². The summed E-state index contributed by atoms with van der Waals surface area (Å²) in [4.78, 5) is 25.8. The Labute approximate surface area is 118 Å². The molecule has 1 spiro atoms. The van der Waals surface area contributed by atoms with E-state index in [1.165, 1.54) is 18.2 Å². The van der Waals surface area contributed by atoms with Crippen LogP contribution in [0.3, 0.4) is 0 Å². The number of esters is 1. The van der Waals surface area contributed by atoms with Crippen LogP contribution in [-0.2, 0) is 22.4 Å². The summed E-state index contributed by atoms with van der Waals surface area (Å²) < 4.78 is 4.75. The van der Waals surface area contributed by atoms with E-state index in [9.17, 15) is 9.59 Å². The minimum Gasteiger partial charge on any atom is -0.465 e. The Morgan fingerprint density at radius 3 is 2.75 bits per heavy atom. The van der Waals surface area contributed by atoms with Gasteiger partial charge in [0.25, 0.3) is 0 Å². The highest BCUT2D eigenvalue weighted by atomic mass is 16.5. The Morgan fingerprint density at radius 2 is 2.10 bits per heavy atom. The zero-order chi connectivity index (χ0) is 14.3. The lowest BCUT2D eigenvalue weighted by Gasteiger charge is -2.33. The van der Waals surface area contributed by atoms with Crippen molar-refractivity contribution in [3.8, 4) is 0 Å². The molecule has 1 amide bonds. The molecule has 0 aromatic heterocycles. The van der Waals surface area contributed by atoms with E-state index in [2.05, 4.69) is 0 Å². The average Bonchev–Trinajstić information content (AvgIpc) is 2.75. The molecule has 106 valence electrons. The van der Waals surface area contributed by atoms with Gasteiger partial charge in [0.15, 0.2) is 0 Å². The molecule has 2 aliphatic rings. The maximum absolute atomic E-state index is 12.4. The van der Waals surface area contributed by atoms with Crippen molar-refractivity contribution < 1.29 is 14.3 Å². The van der Waals surface area contributed by atoms with Gasteiger partial charge in [0.2, 0.25) is 5.91 Å². The Kier molecular flexibility index (Phi) is 3.04. The van der Waals surface area contributed by atoms with Gasteiger partial charge in [-0.1, -0.05) is 6.07 Å². The van der Waals surface area contributed by atoms with Gasteiger partial charge in [-0.25, -0.2) is 4.79 Å². The van der Waals surface area contributed by atoms with E-state index in [1.54, 1.807) is 6.07 Å². The molecule has 4 nitrogen and oxygen atoms in total. The molecule has 3 rings (SSSR count). The number of hydrogen-bond acceptors (Lipinski definition) is 3. The summed E-state index contributed by atoms with van der Waals surface area (Å²) in [6.07, 6.45) is 3.49. The Balaban J connectivity index is 1.90. The second-order valence-electron chi connectivity index (χ2n) is 5.91. The Bertz CT molecular complexity index is 581. The summed E-state index contributed by atoms with van der Waals surface area (Å²) in [6, 6.07) is 5.69. The van der Waals surface area contributed by atoms with Crippen LogP contribution in [0.15, 0.2) is 18.2 Å². The summed E-state index contributed by atoms with van der Waals surface area (Å²) >= 11 is 0. The molecule has 1 heterocycles. The number of ether oxygens (including phenoxy) is 1. The summed E-state index contributed by atoms with van der Waals surface area (Å²) in [5, 5.41) is 0. The number of nitrogens with zero attached hydrogens (tertiary/aromatic N) is 1. The average molecular weight is 273 g/mol. The van der Waals surface area contributed by atoms with Crippen molar-refractivity contribution in [1.29, 1.82) is 0 Å². The van der Waals surface area contributed by atoms with Crippen molar-refractivity contribution in [2.45, 2.75) is 25.7 Å². The van der Waals surface area contributed by atoms with Crippen LogP contribution in [-0.4, -0.2) is 37.5 Å². The lowest BCUT2D eigenvalue weighted by Crippen LogP contribution is -2.37. The van der Waals surface area contributed by atoms with Gasteiger partial charge in [0.05, 0.1) is 18.1 Å². The smallest absolute Gasteiger partial charge is 0.337 e. The van der Waals surface area contributed by atoms with Crippen molar-refractivity contribution in [3.05, 3.63) is 34.9 Å². The number of methoxy groups -OCH3 is 1. The van der Waals surface area contributed by atoms with E-state index < -0.39 is 0 Å². The first kappa shape index (κ1) is 13.2. The van der Waals surface area contributed by atoms with Crippen molar-refractivity contribution in [1.82, 2.24) is 4.90 Å². The largest absolute Gasteiger partial charge is 0.465 e. The van der Waals surface area contributed by atoms with E-state index in [0.29, 0.717) is 5.56 Å². The van der Waals surface area contributed by atoms with Crippen LogP contribution in [0.1, 0.15) is 34.3 Å². The van der Waals surface area contributed by atoms with Crippen LogP contribution in [0.25, 0.3) is 0 Å². The van der Waals surface area contributed by atoms with Gasteiger partial charge >= 0.3 is 5.97 Å². The van der Waals surface area contributed by atoms with Crippen LogP contribution in [0.5, 0.6) is 0 Å². The first-order chi connectivity index (χ1) is 9.55. The van der Waals surface area contributed by atoms with Crippen molar-refractivity contribution >= 4 is 11.9 Å². The van der Waals surface area contributed by atoms with Gasteiger partial charge in [-0.2, -0.15) is 0 Å². The standard InChI is InChI=1S/C16H19NO3/c1-17-8-7-16(15(17)19)6-5-11-9-12(14(18)20-2)3-4-13(11)10-16/h3-4,9H,5-8,10H2,1-2H3/t16-/m0/s1. The first-order valence-electron chi connectivity index (χ1n) is 7.01. The fourth-order valence-electron chi connectivity index (χ4n) is 3.49. The quantitative estimate of drug-likeness (QED) is 0.733. The van der Waals surface area contributed by atoms with Gasteiger partial charge < -0.3 is 9.64 Å². The number of carbonyl (C=O) groups excluding carboxylic acids is 2. The molecule has 1 fully saturated rings. The van der Waals surface area contributed by atoms with Gasteiger partial charge in [-0.15, -0.1) is 0 Å². The highest BCUT2D eigenvalue weighted by molar-refractivity contribution is 5.90.